The minimum Gasteiger partial charge on any atom is -0.361 e. The standard InChI is InChI=1S/C16H28N6S3/c1-4-7-17-14(23)19-10-12-22(16(25)21-9-6-3)13-11-20-15(24)18-8-5-2/h4-6H,1-3,7-13H2,(H,21,25)(H2,17,19,23)(H2,18,20,24). The van der Waals surface area contributed by atoms with Crippen LogP contribution in [-0.4, -0.2) is 66.1 Å². The lowest BCUT2D eigenvalue weighted by Crippen LogP contribution is -2.48. The lowest BCUT2D eigenvalue weighted by Gasteiger charge is -2.26. The highest BCUT2D eigenvalue weighted by Crippen LogP contribution is 1.90. The van der Waals surface area contributed by atoms with Crippen molar-refractivity contribution in [2.45, 2.75) is 0 Å². The highest BCUT2D eigenvalue weighted by atomic mass is 32.1. The van der Waals surface area contributed by atoms with E-state index in [0.717, 1.165) is 0 Å². The average Bonchev–Trinajstić information content (AvgIpc) is 2.61. The van der Waals surface area contributed by atoms with Crippen LogP contribution in [0.25, 0.3) is 0 Å². The van der Waals surface area contributed by atoms with Crippen LogP contribution in [0.2, 0.25) is 0 Å². The van der Waals surface area contributed by atoms with Crippen molar-refractivity contribution in [1.82, 2.24) is 31.5 Å². The first kappa shape index (κ1) is 23.3. The van der Waals surface area contributed by atoms with E-state index in [2.05, 4.69) is 46.3 Å². The van der Waals surface area contributed by atoms with Gasteiger partial charge in [0.25, 0.3) is 0 Å². The Bertz CT molecular complexity index is 437. The minimum atomic E-state index is 0.595. The molecule has 140 valence electrons. The van der Waals surface area contributed by atoms with Crippen LogP contribution < -0.4 is 26.6 Å². The Morgan fingerprint density at radius 3 is 1.48 bits per heavy atom. The Kier molecular flexibility index (Phi) is 14.7. The van der Waals surface area contributed by atoms with Crippen molar-refractivity contribution in [3.05, 3.63) is 38.0 Å². The molecular weight excluding hydrogens is 372 g/mol. The van der Waals surface area contributed by atoms with Crippen LogP contribution in [0.5, 0.6) is 0 Å². The summed E-state index contributed by atoms with van der Waals surface area (Å²) in [7, 11) is 0. The molecule has 0 fully saturated rings. The van der Waals surface area contributed by atoms with E-state index in [0.29, 0.717) is 61.2 Å². The molecule has 0 aliphatic heterocycles. The zero-order chi connectivity index (χ0) is 18.9. The fraction of sp³-hybridized carbons (Fsp3) is 0.438. The van der Waals surface area contributed by atoms with E-state index in [-0.39, 0.29) is 0 Å². The summed E-state index contributed by atoms with van der Waals surface area (Å²) in [5, 5.41) is 17.3. The second kappa shape index (κ2) is 15.8. The molecule has 0 aliphatic rings. The summed E-state index contributed by atoms with van der Waals surface area (Å²) in [6.45, 7) is 15.6. The molecule has 5 N–H and O–H groups in total. The summed E-state index contributed by atoms with van der Waals surface area (Å²) in [6, 6.07) is 0. The molecule has 0 aromatic carbocycles. The highest BCUT2D eigenvalue weighted by molar-refractivity contribution is 7.80. The Hall–Kier alpha value is -1.71. The number of hydrogen-bond donors (Lipinski definition) is 5. The van der Waals surface area contributed by atoms with Crippen LogP contribution in [-0.2, 0) is 0 Å². The molecule has 0 unspecified atom stereocenters. The molecule has 0 spiro atoms. The molecule has 0 amide bonds. The SMILES string of the molecule is C=CCNC(=S)NCCN(CCNC(=S)NCC=C)C(=S)NCC=C. The first-order valence-corrected chi connectivity index (χ1v) is 9.16. The molecule has 0 heterocycles. The lowest BCUT2D eigenvalue weighted by molar-refractivity contribution is 0.418. The molecule has 0 bridgehead atoms. The highest BCUT2D eigenvalue weighted by Gasteiger charge is 2.09. The Morgan fingerprint density at radius 2 is 1.08 bits per heavy atom. The van der Waals surface area contributed by atoms with Gasteiger partial charge in [-0.1, -0.05) is 18.2 Å². The van der Waals surface area contributed by atoms with Crippen LogP contribution in [0.3, 0.4) is 0 Å². The van der Waals surface area contributed by atoms with Gasteiger partial charge in [0, 0.05) is 45.8 Å². The van der Waals surface area contributed by atoms with Crippen LogP contribution in [0, 0.1) is 0 Å². The molecule has 0 aromatic heterocycles. The monoisotopic (exact) mass is 400 g/mol. The smallest absolute Gasteiger partial charge is 0.169 e. The fourth-order valence-electron chi connectivity index (χ4n) is 1.65. The van der Waals surface area contributed by atoms with Crippen LogP contribution in [0.15, 0.2) is 38.0 Å². The molecule has 0 saturated heterocycles. The predicted molar refractivity (Wildman–Crippen MR) is 120 cm³/mol. The van der Waals surface area contributed by atoms with Crippen molar-refractivity contribution < 1.29 is 0 Å². The van der Waals surface area contributed by atoms with E-state index < -0.39 is 0 Å². The van der Waals surface area contributed by atoms with Gasteiger partial charge in [-0.3, -0.25) is 0 Å². The number of thiocarbonyl (C=S) groups is 3. The zero-order valence-corrected chi connectivity index (χ0v) is 16.9. The largest absolute Gasteiger partial charge is 0.361 e. The second-order valence-corrected chi connectivity index (χ2v) is 6.02. The Morgan fingerprint density at radius 1 is 0.680 bits per heavy atom. The summed E-state index contributed by atoms with van der Waals surface area (Å²) < 4.78 is 0. The van der Waals surface area contributed by atoms with Crippen LogP contribution in [0.1, 0.15) is 0 Å². The van der Waals surface area contributed by atoms with E-state index in [1.165, 1.54) is 0 Å². The van der Waals surface area contributed by atoms with Crippen molar-refractivity contribution in [3.63, 3.8) is 0 Å². The predicted octanol–water partition coefficient (Wildman–Crippen LogP) is 0.649. The van der Waals surface area contributed by atoms with E-state index in [9.17, 15) is 0 Å². The lowest BCUT2D eigenvalue weighted by atomic mass is 10.4. The summed E-state index contributed by atoms with van der Waals surface area (Å²) >= 11 is 15.8. The quantitative estimate of drug-likeness (QED) is 0.240. The summed E-state index contributed by atoms with van der Waals surface area (Å²) in [5.41, 5.74) is 0. The maximum atomic E-state index is 5.43. The van der Waals surface area contributed by atoms with Crippen LogP contribution >= 0.6 is 36.7 Å². The minimum absolute atomic E-state index is 0.595. The number of hydrogen-bond acceptors (Lipinski definition) is 3. The van der Waals surface area contributed by atoms with E-state index in [1.807, 2.05) is 4.90 Å². The molecule has 0 atom stereocenters. The van der Waals surface area contributed by atoms with Crippen molar-refractivity contribution >= 4 is 52.0 Å². The zero-order valence-electron chi connectivity index (χ0n) is 14.5. The van der Waals surface area contributed by atoms with Crippen molar-refractivity contribution in [2.75, 3.05) is 45.8 Å². The van der Waals surface area contributed by atoms with Crippen molar-refractivity contribution in [1.29, 1.82) is 0 Å². The van der Waals surface area contributed by atoms with E-state index in [1.54, 1.807) is 18.2 Å². The van der Waals surface area contributed by atoms with Gasteiger partial charge >= 0.3 is 0 Å². The summed E-state index contributed by atoms with van der Waals surface area (Å²) in [4.78, 5) is 2.05. The van der Waals surface area contributed by atoms with Gasteiger partial charge in [0.05, 0.1) is 0 Å². The average molecular weight is 401 g/mol. The summed E-state index contributed by atoms with van der Waals surface area (Å²) in [5.74, 6) is 0. The van der Waals surface area contributed by atoms with Gasteiger partial charge in [-0.2, -0.15) is 0 Å². The van der Waals surface area contributed by atoms with Gasteiger partial charge in [-0.15, -0.1) is 19.7 Å². The molecule has 6 nitrogen and oxygen atoms in total. The first-order valence-electron chi connectivity index (χ1n) is 7.94. The molecule has 0 aromatic rings. The van der Waals surface area contributed by atoms with Gasteiger partial charge in [0.15, 0.2) is 15.3 Å². The summed E-state index contributed by atoms with van der Waals surface area (Å²) in [6.07, 6.45) is 5.27. The maximum Gasteiger partial charge on any atom is 0.169 e. The van der Waals surface area contributed by atoms with Gasteiger partial charge in [-0.25, -0.2) is 0 Å². The molecular formula is C16H28N6S3. The topological polar surface area (TPSA) is 63.4 Å². The van der Waals surface area contributed by atoms with Gasteiger partial charge < -0.3 is 31.5 Å². The number of nitrogens with zero attached hydrogens (tertiary/aromatic N) is 1. The molecule has 9 heteroatoms. The Labute approximate surface area is 167 Å². The van der Waals surface area contributed by atoms with Gasteiger partial charge in [0.1, 0.15) is 0 Å². The first-order chi connectivity index (χ1) is 12.0. The van der Waals surface area contributed by atoms with E-state index >= 15 is 0 Å². The van der Waals surface area contributed by atoms with Crippen molar-refractivity contribution in [2.24, 2.45) is 0 Å². The van der Waals surface area contributed by atoms with Gasteiger partial charge in [0.2, 0.25) is 0 Å². The molecule has 25 heavy (non-hydrogen) atoms. The third-order valence-corrected chi connectivity index (χ3v) is 3.81. The van der Waals surface area contributed by atoms with Crippen LogP contribution in [0.4, 0.5) is 0 Å². The number of rotatable bonds is 12. The Balaban J connectivity index is 4.30. The molecule has 0 radical (unpaired) electrons. The van der Waals surface area contributed by atoms with Gasteiger partial charge in [-0.05, 0) is 36.7 Å². The second-order valence-electron chi connectivity index (χ2n) is 4.81. The number of nitrogens with one attached hydrogen (secondary N) is 5. The van der Waals surface area contributed by atoms with E-state index in [4.69, 9.17) is 36.7 Å². The molecule has 0 saturated carbocycles. The molecule has 0 aliphatic carbocycles. The maximum absolute atomic E-state index is 5.43. The van der Waals surface area contributed by atoms with Crippen molar-refractivity contribution in [3.8, 4) is 0 Å². The fourth-order valence-corrected chi connectivity index (χ4v) is 2.29. The third kappa shape index (κ3) is 13.3. The normalized spacial score (nSPS) is 9.28. The molecule has 0 rings (SSSR count). The third-order valence-electron chi connectivity index (χ3n) is 2.83.